The molecule has 27 heavy (non-hydrogen) atoms. The van der Waals surface area contributed by atoms with Gasteiger partial charge in [0.25, 0.3) is 0 Å². The number of nitrogens with zero attached hydrogens (tertiary/aromatic N) is 3. The summed E-state index contributed by atoms with van der Waals surface area (Å²) >= 11 is 0. The number of nitrogen functional groups attached to an aromatic ring is 1. The zero-order valence-corrected chi connectivity index (χ0v) is 15.8. The summed E-state index contributed by atoms with van der Waals surface area (Å²) in [5.41, 5.74) is 6.45. The number of rotatable bonds is 4. The Balaban J connectivity index is 1.46. The van der Waals surface area contributed by atoms with E-state index in [2.05, 4.69) is 15.3 Å². The molecule has 0 aromatic carbocycles. The monoisotopic (exact) mass is 401 g/mol. The minimum atomic E-state index is -3.08. The van der Waals surface area contributed by atoms with Crippen LogP contribution in [-0.4, -0.2) is 73.2 Å². The third-order valence-electron chi connectivity index (χ3n) is 4.61. The summed E-state index contributed by atoms with van der Waals surface area (Å²) in [6, 6.07) is 0. The first-order chi connectivity index (χ1) is 12.9. The van der Waals surface area contributed by atoms with Crippen molar-refractivity contribution < 1.29 is 32.9 Å². The van der Waals surface area contributed by atoms with Gasteiger partial charge in [-0.2, -0.15) is 0 Å². The molecule has 0 aliphatic carbocycles. The second-order valence-electron chi connectivity index (χ2n) is 6.47. The van der Waals surface area contributed by atoms with E-state index in [9.17, 15) is 9.90 Å². The molecule has 4 N–H and O–H groups in total. The first kappa shape index (κ1) is 18.6. The second-order valence-corrected chi connectivity index (χ2v) is 9.01. The summed E-state index contributed by atoms with van der Waals surface area (Å²) < 4.78 is 27.8. The number of fused-ring (bicyclic) bond motifs is 2. The molecule has 0 spiro atoms. The number of hydrogen-bond acceptors (Lipinski definition) is 12. The van der Waals surface area contributed by atoms with Crippen molar-refractivity contribution in [1.29, 1.82) is 0 Å². The van der Waals surface area contributed by atoms with E-state index in [0.29, 0.717) is 24.0 Å². The van der Waals surface area contributed by atoms with Gasteiger partial charge < -0.3 is 0 Å². The molecular weight excluding hydrogens is 380 g/mol. The Hall–Kier alpha value is -1.76. The molecule has 4 rings (SSSR count). The first-order valence-electron chi connectivity index (χ1n) is 8.41. The van der Waals surface area contributed by atoms with E-state index in [1.807, 2.05) is 0 Å². The zero-order chi connectivity index (χ0) is 19.2. The Morgan fingerprint density at radius 1 is 1.59 bits per heavy atom. The maximum atomic E-state index is 10.9. The average molecular weight is 401 g/mol. The van der Waals surface area contributed by atoms with Gasteiger partial charge in [0.1, 0.15) is 0 Å². The molecule has 0 bridgehead atoms. The number of aliphatic hydroxyl groups excluding tert-OH is 1. The summed E-state index contributed by atoms with van der Waals surface area (Å²) in [7, 11) is -1.40. The molecule has 4 atom stereocenters. The van der Waals surface area contributed by atoms with E-state index < -0.39 is 38.3 Å². The van der Waals surface area contributed by atoms with E-state index >= 15 is 0 Å². The Labute approximate surface area is 156 Å². The van der Waals surface area contributed by atoms with Crippen molar-refractivity contribution >= 4 is 38.7 Å². The molecule has 4 heterocycles. The Bertz CT molecular complexity index is 747. The van der Waals surface area contributed by atoms with Crippen molar-refractivity contribution in [2.24, 2.45) is 0 Å². The molecule has 1 aromatic heterocycles. The van der Waals surface area contributed by atoms with Crippen LogP contribution in [0.25, 0.3) is 0 Å². The molecule has 3 unspecified atom stereocenters. The Morgan fingerprint density at radius 2 is 2.41 bits per heavy atom. The van der Waals surface area contributed by atoms with E-state index in [-0.39, 0.29) is 13.4 Å². The number of nitrogens with two attached hydrogens (primary N) is 1. The molecule has 0 amide bonds. The molecule has 2 fully saturated rings. The quantitative estimate of drug-likeness (QED) is 0.229. The number of esters is 1. The first-order valence-corrected chi connectivity index (χ1v) is 10.6. The predicted molar refractivity (Wildman–Crippen MR) is 97.5 cm³/mol. The van der Waals surface area contributed by atoms with Gasteiger partial charge in [-0.05, 0) is 0 Å². The number of nitrogens with one attached hydrogen (secondary N) is 1. The number of aliphatic hydroxyl groups is 1. The topological polar surface area (TPSA) is 151 Å². The van der Waals surface area contributed by atoms with Crippen LogP contribution in [0.2, 0.25) is 0 Å². The van der Waals surface area contributed by atoms with Gasteiger partial charge in [0, 0.05) is 0 Å². The van der Waals surface area contributed by atoms with Gasteiger partial charge in [-0.25, -0.2) is 0 Å². The standard InChI is InChI=1S/C13H21BN5O7P/c1-6(20)22-5-24-27(14)23-2-7-10(26-27)9(21)13(25-7)19-4-18-8-11(15)16-3-17-12(8)19/h3,7,9-10,13,18,21,27H,2,4-5,14H2,1H3,(H2,15,16,17)/t7?,9?,10-,13?/m1/s1. The second kappa shape index (κ2) is 7.00. The summed E-state index contributed by atoms with van der Waals surface area (Å²) in [5, 5.41) is 13.9. The SMILES string of the molecule is B[PH]1(OCOC(C)=O)OCC2OC(N3CNc4c(N)ncnc43)C(O)[C@@H]2O1. The van der Waals surface area contributed by atoms with Crippen molar-refractivity contribution in [3.63, 3.8) is 0 Å². The molecular formula is C13H21BN5O7P. The molecule has 2 saturated heterocycles. The van der Waals surface area contributed by atoms with Crippen molar-refractivity contribution in [3.05, 3.63) is 6.33 Å². The van der Waals surface area contributed by atoms with Crippen LogP contribution < -0.4 is 16.0 Å². The fraction of sp³-hybridized carbons (Fsp3) is 0.615. The molecule has 3 aliphatic rings. The Kier molecular flexibility index (Phi) is 4.83. The summed E-state index contributed by atoms with van der Waals surface area (Å²) in [4.78, 5) is 20.8. The van der Waals surface area contributed by atoms with Crippen LogP contribution in [0.4, 0.5) is 17.3 Å². The third-order valence-corrected chi connectivity index (χ3v) is 6.65. The van der Waals surface area contributed by atoms with Crippen molar-refractivity contribution in [2.75, 3.05) is 36.0 Å². The normalized spacial score (nSPS) is 32.3. The van der Waals surface area contributed by atoms with Gasteiger partial charge in [0.05, 0.1) is 0 Å². The van der Waals surface area contributed by atoms with E-state index in [1.165, 1.54) is 13.3 Å². The number of anilines is 3. The number of carbonyl (C=O) groups excluding carboxylic acids is 1. The molecule has 148 valence electrons. The number of ether oxygens (including phenoxy) is 2. The minimum absolute atomic E-state index is 0.195. The molecule has 1 aromatic rings. The van der Waals surface area contributed by atoms with Gasteiger partial charge in [-0.3, -0.25) is 0 Å². The fourth-order valence-corrected chi connectivity index (χ4v) is 5.04. The number of carbonyl (C=O) groups is 1. The van der Waals surface area contributed by atoms with Crippen LogP contribution in [0.15, 0.2) is 6.33 Å². The number of aromatic nitrogens is 2. The molecule has 0 radical (unpaired) electrons. The molecule has 3 aliphatic heterocycles. The van der Waals surface area contributed by atoms with Crippen LogP contribution in [0.3, 0.4) is 0 Å². The van der Waals surface area contributed by atoms with Gasteiger partial charge in [-0.15, -0.1) is 0 Å². The molecule has 0 saturated carbocycles. The summed E-state index contributed by atoms with van der Waals surface area (Å²) in [5.74, 6) is 0.412. The van der Waals surface area contributed by atoms with Crippen molar-refractivity contribution in [1.82, 2.24) is 9.97 Å². The summed E-state index contributed by atoms with van der Waals surface area (Å²) in [6.07, 6.45) is -1.41. The van der Waals surface area contributed by atoms with E-state index in [0.717, 1.165) is 0 Å². The predicted octanol–water partition coefficient (Wildman–Crippen LogP) is -1.67. The van der Waals surface area contributed by atoms with Crippen molar-refractivity contribution in [2.45, 2.75) is 31.5 Å². The van der Waals surface area contributed by atoms with Crippen LogP contribution in [0.5, 0.6) is 0 Å². The summed E-state index contributed by atoms with van der Waals surface area (Å²) in [6.45, 7) is 1.57. The molecule has 12 nitrogen and oxygen atoms in total. The maximum absolute atomic E-state index is 10.9. The van der Waals surface area contributed by atoms with Crippen LogP contribution in [0, 0.1) is 0 Å². The Morgan fingerprint density at radius 3 is 3.19 bits per heavy atom. The van der Waals surface area contributed by atoms with Gasteiger partial charge in [0.2, 0.25) is 0 Å². The molecule has 14 heteroatoms. The van der Waals surface area contributed by atoms with Gasteiger partial charge in [-0.1, -0.05) is 0 Å². The van der Waals surface area contributed by atoms with Gasteiger partial charge >= 0.3 is 155 Å². The number of hydrogen-bond donors (Lipinski definition) is 3. The van der Waals surface area contributed by atoms with E-state index in [4.69, 9.17) is 28.8 Å². The van der Waals surface area contributed by atoms with Gasteiger partial charge in [0.15, 0.2) is 0 Å². The van der Waals surface area contributed by atoms with Crippen LogP contribution >= 0.6 is 7.82 Å². The van der Waals surface area contributed by atoms with Crippen molar-refractivity contribution in [3.8, 4) is 0 Å². The fourth-order valence-electron chi connectivity index (χ4n) is 3.29. The average Bonchev–Trinajstić information content (AvgIpc) is 3.17. The van der Waals surface area contributed by atoms with E-state index in [1.54, 1.807) is 12.5 Å². The zero-order valence-electron chi connectivity index (χ0n) is 14.8. The van der Waals surface area contributed by atoms with Crippen LogP contribution in [-0.2, 0) is 27.8 Å². The van der Waals surface area contributed by atoms with Crippen LogP contribution in [0.1, 0.15) is 6.92 Å². The third kappa shape index (κ3) is 3.42.